The van der Waals surface area contributed by atoms with E-state index in [0.717, 1.165) is 11.3 Å². The molecule has 1 N–H and O–H groups in total. The maximum absolute atomic E-state index is 9.83. The lowest BCUT2D eigenvalue weighted by atomic mass is 10.1. The number of aliphatic hydroxyl groups is 1. The smallest absolute Gasteiger partial charge is 0.0853 e. The van der Waals surface area contributed by atoms with Crippen LogP contribution in [0, 0.1) is 0 Å². The van der Waals surface area contributed by atoms with Crippen LogP contribution in [-0.2, 0) is 6.42 Å². The first kappa shape index (κ1) is 9.37. The highest BCUT2D eigenvalue weighted by molar-refractivity contribution is 7.07. The largest absolute Gasteiger partial charge is 0.388 e. The molecular weight excluding hydrogens is 194 g/mol. The van der Waals surface area contributed by atoms with E-state index >= 15 is 0 Å². The molecule has 0 radical (unpaired) electrons. The molecule has 2 nitrogen and oxygen atoms in total. The van der Waals surface area contributed by atoms with E-state index < -0.39 is 6.10 Å². The van der Waals surface area contributed by atoms with Gasteiger partial charge in [-0.25, -0.2) is 0 Å². The van der Waals surface area contributed by atoms with Gasteiger partial charge < -0.3 is 5.11 Å². The lowest BCUT2D eigenvalue weighted by Crippen LogP contribution is -2.01. The molecule has 0 aliphatic rings. The van der Waals surface area contributed by atoms with Crippen molar-refractivity contribution in [3.8, 4) is 0 Å². The zero-order valence-electron chi connectivity index (χ0n) is 7.63. The van der Waals surface area contributed by atoms with Crippen LogP contribution in [0.25, 0.3) is 0 Å². The van der Waals surface area contributed by atoms with Crippen molar-refractivity contribution in [1.29, 1.82) is 0 Å². The molecule has 0 unspecified atom stereocenters. The van der Waals surface area contributed by atoms with Crippen LogP contribution in [0.2, 0.25) is 0 Å². The van der Waals surface area contributed by atoms with Crippen LogP contribution in [0.15, 0.2) is 41.2 Å². The number of hydrogen-bond acceptors (Lipinski definition) is 3. The predicted octanol–water partition coefficient (Wildman–Crippen LogP) is 2.42. The van der Waals surface area contributed by atoms with Gasteiger partial charge >= 0.3 is 0 Å². The molecule has 0 amide bonds. The molecule has 0 bridgehead atoms. The Morgan fingerprint density at radius 1 is 1.36 bits per heavy atom. The van der Waals surface area contributed by atoms with E-state index in [2.05, 4.69) is 4.98 Å². The Morgan fingerprint density at radius 3 is 2.93 bits per heavy atom. The Labute approximate surface area is 86.9 Å². The summed E-state index contributed by atoms with van der Waals surface area (Å²) in [5.41, 5.74) is 1.90. The molecule has 0 aliphatic carbocycles. The van der Waals surface area contributed by atoms with Crippen LogP contribution in [0.4, 0.5) is 0 Å². The summed E-state index contributed by atoms with van der Waals surface area (Å²) in [6.45, 7) is 0. The first-order chi connectivity index (χ1) is 6.86. The standard InChI is InChI=1S/C11H11NOS/c13-11(9-4-6-14-8-9)7-10-3-1-2-5-12-10/h1-6,8,11,13H,7H2/t11-/m1/s1. The van der Waals surface area contributed by atoms with Gasteiger partial charge in [-0.3, -0.25) is 4.98 Å². The minimum absolute atomic E-state index is 0.434. The summed E-state index contributed by atoms with van der Waals surface area (Å²) < 4.78 is 0. The van der Waals surface area contributed by atoms with Crippen molar-refractivity contribution in [2.24, 2.45) is 0 Å². The lowest BCUT2D eigenvalue weighted by Gasteiger charge is -2.07. The quantitative estimate of drug-likeness (QED) is 0.834. The van der Waals surface area contributed by atoms with E-state index in [1.165, 1.54) is 0 Å². The van der Waals surface area contributed by atoms with Crippen molar-refractivity contribution < 1.29 is 5.11 Å². The van der Waals surface area contributed by atoms with E-state index in [4.69, 9.17) is 0 Å². The van der Waals surface area contributed by atoms with Gasteiger partial charge in [-0.1, -0.05) is 6.07 Å². The van der Waals surface area contributed by atoms with Crippen LogP contribution in [-0.4, -0.2) is 10.1 Å². The van der Waals surface area contributed by atoms with E-state index in [1.807, 2.05) is 35.0 Å². The maximum atomic E-state index is 9.83. The Kier molecular flexibility index (Phi) is 2.91. The Morgan fingerprint density at radius 2 is 2.29 bits per heavy atom. The number of aliphatic hydroxyl groups excluding tert-OH is 1. The molecule has 0 spiro atoms. The minimum atomic E-state index is -0.434. The second-order valence-electron chi connectivity index (χ2n) is 3.10. The Balaban J connectivity index is 2.06. The topological polar surface area (TPSA) is 33.1 Å². The highest BCUT2D eigenvalue weighted by Gasteiger charge is 2.08. The summed E-state index contributed by atoms with van der Waals surface area (Å²) >= 11 is 1.60. The molecule has 72 valence electrons. The molecular formula is C11H11NOS. The molecule has 0 saturated carbocycles. The molecule has 0 saturated heterocycles. The molecule has 2 aromatic rings. The molecule has 2 aromatic heterocycles. The minimum Gasteiger partial charge on any atom is -0.388 e. The summed E-state index contributed by atoms with van der Waals surface area (Å²) in [6.07, 6.45) is 1.89. The molecule has 2 rings (SSSR count). The van der Waals surface area contributed by atoms with Crippen LogP contribution < -0.4 is 0 Å². The predicted molar refractivity (Wildman–Crippen MR) is 57.2 cm³/mol. The normalized spacial score (nSPS) is 12.6. The third kappa shape index (κ3) is 2.19. The van der Waals surface area contributed by atoms with Gasteiger partial charge in [0.05, 0.1) is 6.10 Å². The van der Waals surface area contributed by atoms with Crippen molar-refractivity contribution in [3.05, 3.63) is 52.5 Å². The summed E-state index contributed by atoms with van der Waals surface area (Å²) in [4.78, 5) is 4.17. The summed E-state index contributed by atoms with van der Waals surface area (Å²) in [5, 5.41) is 13.8. The SMILES string of the molecule is O[C@H](Cc1ccccn1)c1ccsc1. The van der Waals surface area contributed by atoms with Gasteiger partial charge in [0.1, 0.15) is 0 Å². The Bertz CT molecular complexity index is 371. The van der Waals surface area contributed by atoms with Gasteiger partial charge in [0.2, 0.25) is 0 Å². The highest BCUT2D eigenvalue weighted by Crippen LogP contribution is 2.19. The lowest BCUT2D eigenvalue weighted by molar-refractivity contribution is 0.177. The summed E-state index contributed by atoms with van der Waals surface area (Å²) in [7, 11) is 0. The molecule has 0 aliphatic heterocycles. The van der Waals surface area contributed by atoms with Crippen molar-refractivity contribution in [2.45, 2.75) is 12.5 Å². The van der Waals surface area contributed by atoms with Gasteiger partial charge in [0, 0.05) is 18.3 Å². The van der Waals surface area contributed by atoms with Crippen molar-refractivity contribution in [3.63, 3.8) is 0 Å². The van der Waals surface area contributed by atoms with Crippen molar-refractivity contribution >= 4 is 11.3 Å². The number of thiophene rings is 1. The number of hydrogen-bond donors (Lipinski definition) is 1. The molecule has 14 heavy (non-hydrogen) atoms. The molecule has 0 aromatic carbocycles. The zero-order chi connectivity index (χ0) is 9.80. The first-order valence-electron chi connectivity index (χ1n) is 4.46. The molecule has 0 fully saturated rings. The number of nitrogens with zero attached hydrogens (tertiary/aromatic N) is 1. The van der Waals surface area contributed by atoms with Crippen LogP contribution in [0.3, 0.4) is 0 Å². The third-order valence-electron chi connectivity index (χ3n) is 2.06. The van der Waals surface area contributed by atoms with Gasteiger partial charge in [-0.2, -0.15) is 11.3 Å². The number of rotatable bonds is 3. The Hall–Kier alpha value is -1.19. The van der Waals surface area contributed by atoms with E-state index in [0.29, 0.717) is 6.42 Å². The number of aromatic nitrogens is 1. The summed E-state index contributed by atoms with van der Waals surface area (Å²) in [5.74, 6) is 0. The molecule has 2 heterocycles. The van der Waals surface area contributed by atoms with E-state index in [-0.39, 0.29) is 0 Å². The first-order valence-corrected chi connectivity index (χ1v) is 5.40. The third-order valence-corrected chi connectivity index (χ3v) is 2.76. The fraction of sp³-hybridized carbons (Fsp3) is 0.182. The molecule has 3 heteroatoms. The van der Waals surface area contributed by atoms with E-state index in [9.17, 15) is 5.11 Å². The number of pyridine rings is 1. The van der Waals surface area contributed by atoms with Gasteiger partial charge in [0.25, 0.3) is 0 Å². The van der Waals surface area contributed by atoms with Crippen LogP contribution in [0.1, 0.15) is 17.4 Å². The van der Waals surface area contributed by atoms with Crippen LogP contribution in [0.5, 0.6) is 0 Å². The average molecular weight is 205 g/mol. The second-order valence-corrected chi connectivity index (χ2v) is 3.88. The highest BCUT2D eigenvalue weighted by atomic mass is 32.1. The van der Waals surface area contributed by atoms with Crippen LogP contribution >= 0.6 is 11.3 Å². The fourth-order valence-electron chi connectivity index (χ4n) is 1.30. The summed E-state index contributed by atoms with van der Waals surface area (Å²) in [6, 6.07) is 7.68. The maximum Gasteiger partial charge on any atom is 0.0853 e. The molecule has 1 atom stereocenters. The van der Waals surface area contributed by atoms with Gasteiger partial charge in [0.15, 0.2) is 0 Å². The zero-order valence-corrected chi connectivity index (χ0v) is 8.45. The van der Waals surface area contributed by atoms with E-state index in [1.54, 1.807) is 17.5 Å². The fourth-order valence-corrected chi connectivity index (χ4v) is 2.01. The monoisotopic (exact) mass is 205 g/mol. The van der Waals surface area contributed by atoms with Crippen molar-refractivity contribution in [2.75, 3.05) is 0 Å². The van der Waals surface area contributed by atoms with Gasteiger partial charge in [-0.05, 0) is 34.5 Å². The van der Waals surface area contributed by atoms with Crippen molar-refractivity contribution in [1.82, 2.24) is 4.98 Å². The average Bonchev–Trinajstić information content (AvgIpc) is 2.72. The second kappa shape index (κ2) is 4.35. The van der Waals surface area contributed by atoms with Gasteiger partial charge in [-0.15, -0.1) is 0 Å².